The van der Waals surface area contributed by atoms with Crippen LogP contribution in [0, 0.1) is 0 Å². The molecule has 1 aromatic heterocycles. The third-order valence-corrected chi connectivity index (χ3v) is 7.48. The summed E-state index contributed by atoms with van der Waals surface area (Å²) in [6.07, 6.45) is 3.21. The van der Waals surface area contributed by atoms with Crippen LogP contribution in [0.2, 0.25) is 5.02 Å². The van der Waals surface area contributed by atoms with E-state index in [-0.39, 0.29) is 17.6 Å². The highest BCUT2D eigenvalue weighted by Crippen LogP contribution is 2.43. The van der Waals surface area contributed by atoms with Crippen LogP contribution in [0.15, 0.2) is 43.1 Å². The molecule has 0 N–H and O–H groups in total. The topological polar surface area (TPSA) is 65.7 Å². The van der Waals surface area contributed by atoms with E-state index in [1.807, 2.05) is 39.8 Å². The molecule has 0 aliphatic heterocycles. The summed E-state index contributed by atoms with van der Waals surface area (Å²) >= 11 is 13.7. The minimum atomic E-state index is -0.234. The van der Waals surface area contributed by atoms with Crippen molar-refractivity contribution in [3.63, 3.8) is 0 Å². The van der Waals surface area contributed by atoms with E-state index in [0.717, 1.165) is 17.3 Å². The lowest BCUT2D eigenvalue weighted by Crippen LogP contribution is -2.23. The number of ether oxygens (including phenoxy) is 2. The Morgan fingerprint density at radius 3 is 2.56 bits per heavy atom. The van der Waals surface area contributed by atoms with E-state index in [9.17, 15) is 4.79 Å². The summed E-state index contributed by atoms with van der Waals surface area (Å²) in [5.41, 5.74) is 1.06. The van der Waals surface area contributed by atoms with Crippen LogP contribution in [0.4, 0.5) is 0 Å². The molecule has 0 aliphatic carbocycles. The number of hydrogen-bond acceptors (Lipinski definition) is 5. The monoisotopic (exact) mass is 611 g/mol. The molecule has 3 rings (SSSR count). The smallest absolute Gasteiger partial charge is 0.282 e. The van der Waals surface area contributed by atoms with Crippen LogP contribution in [0.1, 0.15) is 64.8 Å². The van der Waals surface area contributed by atoms with Gasteiger partial charge in [-0.15, -0.1) is 0 Å². The number of nitrogens with zero attached hydrogens (tertiary/aromatic N) is 3. The van der Waals surface area contributed by atoms with E-state index in [4.69, 9.17) is 26.1 Å². The average Bonchev–Trinajstić information content (AvgIpc) is 2.83. The number of halogens is 3. The lowest BCUT2D eigenvalue weighted by molar-refractivity contribution is 0.203. The Morgan fingerprint density at radius 2 is 1.91 bits per heavy atom. The van der Waals surface area contributed by atoms with Crippen molar-refractivity contribution >= 4 is 60.6 Å². The van der Waals surface area contributed by atoms with Crippen LogP contribution in [-0.2, 0) is 0 Å². The fraction of sp³-hybridized carbons (Fsp3) is 0.400. The Kier molecular flexibility index (Phi) is 9.18. The zero-order valence-electron chi connectivity index (χ0n) is 19.9. The molecule has 0 fully saturated rings. The third-order valence-electron chi connectivity index (χ3n) is 5.55. The van der Waals surface area contributed by atoms with Crippen molar-refractivity contribution in [2.24, 2.45) is 5.10 Å². The molecule has 1 heterocycles. The first-order valence-electron chi connectivity index (χ1n) is 11.3. The maximum atomic E-state index is 13.4. The van der Waals surface area contributed by atoms with Gasteiger partial charge in [0, 0.05) is 20.4 Å². The minimum absolute atomic E-state index is 0.0252. The van der Waals surface area contributed by atoms with Crippen molar-refractivity contribution in [2.75, 3.05) is 6.61 Å². The zero-order chi connectivity index (χ0) is 25.0. The van der Waals surface area contributed by atoms with Gasteiger partial charge in [-0.1, -0.05) is 48.3 Å². The fourth-order valence-electron chi connectivity index (χ4n) is 3.25. The normalized spacial score (nSPS) is 13.4. The number of aromatic nitrogens is 2. The van der Waals surface area contributed by atoms with Gasteiger partial charge < -0.3 is 9.47 Å². The predicted octanol–water partition coefficient (Wildman–Crippen LogP) is 7.55. The summed E-state index contributed by atoms with van der Waals surface area (Å²) < 4.78 is 14.6. The van der Waals surface area contributed by atoms with Crippen LogP contribution in [0.25, 0.3) is 10.9 Å². The van der Waals surface area contributed by atoms with E-state index in [0.29, 0.717) is 49.9 Å². The van der Waals surface area contributed by atoms with Gasteiger partial charge in [0.2, 0.25) is 0 Å². The Hall–Kier alpha value is -1.90. The Labute approximate surface area is 221 Å². The molecule has 2 atom stereocenters. The highest BCUT2D eigenvalue weighted by Gasteiger charge is 2.20. The van der Waals surface area contributed by atoms with Gasteiger partial charge in [-0.25, -0.2) is 4.98 Å². The molecule has 182 valence electrons. The predicted molar refractivity (Wildman–Crippen MR) is 146 cm³/mol. The molecule has 9 heteroatoms. The maximum Gasteiger partial charge on any atom is 0.282 e. The fourth-order valence-corrected chi connectivity index (χ4v) is 4.26. The van der Waals surface area contributed by atoms with Gasteiger partial charge in [-0.05, 0) is 66.9 Å². The first-order valence-corrected chi connectivity index (χ1v) is 13.3. The number of hydrogen-bond donors (Lipinski definition) is 0. The quantitative estimate of drug-likeness (QED) is 0.234. The average molecular weight is 614 g/mol. The van der Waals surface area contributed by atoms with Crippen molar-refractivity contribution in [3.05, 3.63) is 60.0 Å². The first kappa shape index (κ1) is 26.7. The Bertz CT molecular complexity index is 1280. The van der Waals surface area contributed by atoms with Gasteiger partial charge in [-0.2, -0.15) is 9.78 Å². The molecule has 6 nitrogen and oxygen atoms in total. The summed E-state index contributed by atoms with van der Waals surface area (Å²) in [7, 11) is 0. The van der Waals surface area contributed by atoms with Gasteiger partial charge in [-0.3, -0.25) is 4.79 Å². The summed E-state index contributed by atoms with van der Waals surface area (Å²) in [5, 5.41) is 5.43. The minimum Gasteiger partial charge on any atom is -0.490 e. The summed E-state index contributed by atoms with van der Waals surface area (Å²) in [6.45, 7) is 10.4. The molecule has 0 bridgehead atoms. The third kappa shape index (κ3) is 5.66. The van der Waals surface area contributed by atoms with Gasteiger partial charge in [0.15, 0.2) is 11.5 Å². The van der Waals surface area contributed by atoms with Crippen LogP contribution >= 0.6 is 43.5 Å². The lowest BCUT2D eigenvalue weighted by Gasteiger charge is -2.19. The number of benzene rings is 2. The Morgan fingerprint density at radius 1 is 1.18 bits per heavy atom. The number of fused-ring (bicyclic) bond motifs is 1. The molecule has 3 aromatic rings. The van der Waals surface area contributed by atoms with Crippen LogP contribution in [-0.4, -0.2) is 28.6 Å². The second-order valence-electron chi connectivity index (χ2n) is 7.99. The molecule has 0 amide bonds. The molecular formula is C25H28Br2ClN3O3. The molecule has 34 heavy (non-hydrogen) atoms. The van der Waals surface area contributed by atoms with E-state index in [1.54, 1.807) is 18.3 Å². The van der Waals surface area contributed by atoms with Crippen molar-refractivity contribution in [1.82, 2.24) is 9.66 Å². The molecule has 0 saturated heterocycles. The molecule has 0 saturated carbocycles. The van der Waals surface area contributed by atoms with Gasteiger partial charge in [0.1, 0.15) is 10.8 Å². The SMILES string of the molecule is CCOc1cc(C=Nn2c([C@H](C)CC)nc3ccc(Br)cc3c2=O)c(Br)c(Cl)c1O[C@H](C)CC. The number of rotatable bonds is 9. The van der Waals surface area contributed by atoms with Crippen molar-refractivity contribution in [3.8, 4) is 11.5 Å². The summed E-state index contributed by atoms with van der Waals surface area (Å²) in [4.78, 5) is 18.1. The summed E-state index contributed by atoms with van der Waals surface area (Å²) in [6, 6.07) is 7.28. The molecule has 0 radical (unpaired) electrons. The highest BCUT2D eigenvalue weighted by atomic mass is 79.9. The van der Waals surface area contributed by atoms with Crippen LogP contribution in [0.3, 0.4) is 0 Å². The largest absolute Gasteiger partial charge is 0.490 e. The van der Waals surface area contributed by atoms with E-state index in [1.165, 1.54) is 4.68 Å². The maximum absolute atomic E-state index is 13.4. The van der Waals surface area contributed by atoms with Gasteiger partial charge >= 0.3 is 0 Å². The van der Waals surface area contributed by atoms with Crippen molar-refractivity contribution in [2.45, 2.75) is 59.5 Å². The first-order chi connectivity index (χ1) is 16.2. The van der Waals surface area contributed by atoms with E-state index >= 15 is 0 Å². The standard InChI is InChI=1S/C25H28Br2ClN3O3/c1-6-14(4)24-30-19-10-9-17(26)12-18(19)25(32)31(24)29-13-16-11-20(33-8-3)23(22(28)21(16)27)34-15(5)7-2/h9-15H,6-8H2,1-5H3/t14-,15-/m1/s1. The molecule has 0 aliphatic rings. The van der Waals surface area contributed by atoms with Crippen LogP contribution < -0.4 is 15.0 Å². The molecule has 0 unspecified atom stereocenters. The Balaban J connectivity index is 2.17. The van der Waals surface area contributed by atoms with Gasteiger partial charge in [0.25, 0.3) is 5.56 Å². The second-order valence-corrected chi connectivity index (χ2v) is 10.1. The second kappa shape index (κ2) is 11.7. The summed E-state index contributed by atoms with van der Waals surface area (Å²) in [5.74, 6) is 1.64. The van der Waals surface area contributed by atoms with E-state index in [2.05, 4.69) is 43.9 Å². The van der Waals surface area contributed by atoms with E-state index < -0.39 is 0 Å². The highest BCUT2D eigenvalue weighted by molar-refractivity contribution is 9.10. The molecule has 0 spiro atoms. The van der Waals surface area contributed by atoms with Crippen LogP contribution in [0.5, 0.6) is 11.5 Å². The molecular weight excluding hydrogens is 586 g/mol. The lowest BCUT2D eigenvalue weighted by atomic mass is 10.1. The zero-order valence-corrected chi connectivity index (χ0v) is 23.8. The van der Waals surface area contributed by atoms with Crippen molar-refractivity contribution < 1.29 is 9.47 Å². The van der Waals surface area contributed by atoms with Crippen molar-refractivity contribution in [1.29, 1.82) is 0 Å². The van der Waals surface area contributed by atoms with Gasteiger partial charge in [0.05, 0.1) is 29.8 Å². The molecule has 2 aromatic carbocycles.